The molecule has 118 valence electrons. The Hall–Kier alpha value is -1.39. The molecule has 1 saturated heterocycles. The van der Waals surface area contributed by atoms with Crippen LogP contribution in [-0.2, 0) is 0 Å². The smallest absolute Gasteiger partial charge is 0.0617 e. The molecule has 0 saturated carbocycles. The van der Waals surface area contributed by atoms with Gasteiger partial charge in [-0.05, 0) is 40.1 Å². The highest BCUT2D eigenvalue weighted by atomic mass is 35.5. The number of hydrogen-bond acceptors (Lipinski definition) is 3. The largest absolute Gasteiger partial charge is 0.314 e. The van der Waals surface area contributed by atoms with E-state index in [0.717, 1.165) is 31.2 Å². The summed E-state index contributed by atoms with van der Waals surface area (Å²) in [6.45, 7) is 4.23. The second-order valence-corrected chi connectivity index (χ2v) is 7.27. The Kier molecular flexibility index (Phi) is 4.36. The van der Waals surface area contributed by atoms with Crippen LogP contribution in [0.2, 0.25) is 5.02 Å². The molecule has 1 fully saturated rings. The molecule has 2 nitrogen and oxygen atoms in total. The minimum atomic E-state index is 0.297. The van der Waals surface area contributed by atoms with Gasteiger partial charge in [0.25, 0.3) is 0 Å². The Bertz CT molecular complexity index is 790. The molecular formula is C19H19ClN2S. The van der Waals surface area contributed by atoms with Crippen LogP contribution >= 0.6 is 22.9 Å². The van der Waals surface area contributed by atoms with Crippen molar-refractivity contribution in [2.75, 3.05) is 26.2 Å². The highest BCUT2D eigenvalue weighted by molar-refractivity contribution is 7.17. The van der Waals surface area contributed by atoms with E-state index in [1.807, 2.05) is 23.5 Å². The molecule has 3 aromatic rings. The molecule has 1 aliphatic rings. The van der Waals surface area contributed by atoms with E-state index in [4.69, 9.17) is 11.6 Å². The average molecular weight is 343 g/mol. The van der Waals surface area contributed by atoms with E-state index >= 15 is 0 Å². The minimum absolute atomic E-state index is 0.297. The number of rotatable bonds is 3. The predicted octanol–water partition coefficient (Wildman–Crippen LogP) is 4.55. The zero-order valence-corrected chi connectivity index (χ0v) is 14.4. The molecule has 4 rings (SSSR count). The zero-order chi connectivity index (χ0) is 15.6. The Balaban J connectivity index is 1.82. The molecule has 2 heterocycles. The van der Waals surface area contributed by atoms with Crippen molar-refractivity contribution in [1.82, 2.24) is 10.2 Å². The van der Waals surface area contributed by atoms with E-state index < -0.39 is 0 Å². The predicted molar refractivity (Wildman–Crippen MR) is 99.6 cm³/mol. The van der Waals surface area contributed by atoms with E-state index in [-0.39, 0.29) is 0 Å². The SMILES string of the molecule is Clc1ccc(C(c2csc3ccccc23)N2CCNCC2)cc1. The fourth-order valence-corrected chi connectivity index (χ4v) is 4.49. The summed E-state index contributed by atoms with van der Waals surface area (Å²) >= 11 is 7.94. The first-order valence-corrected chi connectivity index (χ1v) is 9.25. The lowest BCUT2D eigenvalue weighted by Crippen LogP contribution is -2.45. The monoisotopic (exact) mass is 342 g/mol. The van der Waals surface area contributed by atoms with Crippen molar-refractivity contribution in [1.29, 1.82) is 0 Å². The van der Waals surface area contributed by atoms with Gasteiger partial charge in [-0.15, -0.1) is 11.3 Å². The number of nitrogens with zero attached hydrogens (tertiary/aromatic N) is 1. The van der Waals surface area contributed by atoms with E-state index in [1.165, 1.54) is 21.2 Å². The number of hydrogen-bond donors (Lipinski definition) is 1. The number of benzene rings is 2. The number of halogens is 1. The van der Waals surface area contributed by atoms with Gasteiger partial charge in [0.2, 0.25) is 0 Å². The summed E-state index contributed by atoms with van der Waals surface area (Å²) < 4.78 is 1.36. The molecule has 1 N–H and O–H groups in total. The molecule has 1 atom stereocenters. The van der Waals surface area contributed by atoms with E-state index in [2.05, 4.69) is 52.0 Å². The molecule has 1 aromatic heterocycles. The lowest BCUT2D eigenvalue weighted by Gasteiger charge is -2.35. The van der Waals surface area contributed by atoms with E-state index in [9.17, 15) is 0 Å². The number of thiophene rings is 1. The summed E-state index contributed by atoms with van der Waals surface area (Å²) in [5.41, 5.74) is 2.73. The molecule has 0 aliphatic carbocycles. The van der Waals surface area contributed by atoms with Gasteiger partial charge in [-0.1, -0.05) is 41.9 Å². The molecule has 0 amide bonds. The standard InChI is InChI=1S/C19H19ClN2S/c20-15-7-5-14(6-8-15)19(22-11-9-21-10-12-22)17-13-23-18-4-2-1-3-16(17)18/h1-8,13,19,21H,9-12H2. The molecular weight excluding hydrogens is 324 g/mol. The summed E-state index contributed by atoms with van der Waals surface area (Å²) in [5.74, 6) is 0. The van der Waals surface area contributed by atoms with Gasteiger partial charge in [0, 0.05) is 35.9 Å². The van der Waals surface area contributed by atoms with Crippen LogP contribution in [0.15, 0.2) is 53.9 Å². The van der Waals surface area contributed by atoms with Gasteiger partial charge in [-0.25, -0.2) is 0 Å². The van der Waals surface area contributed by atoms with Crippen LogP contribution in [0.1, 0.15) is 17.2 Å². The zero-order valence-electron chi connectivity index (χ0n) is 12.8. The van der Waals surface area contributed by atoms with Crippen molar-refractivity contribution in [3.8, 4) is 0 Å². The quantitative estimate of drug-likeness (QED) is 0.751. The maximum atomic E-state index is 6.10. The summed E-state index contributed by atoms with van der Waals surface area (Å²) in [6, 6.07) is 17.3. The topological polar surface area (TPSA) is 15.3 Å². The van der Waals surface area contributed by atoms with Crippen molar-refractivity contribution < 1.29 is 0 Å². The Morgan fingerprint density at radius 2 is 1.74 bits per heavy atom. The molecule has 0 bridgehead atoms. The third-order valence-electron chi connectivity index (χ3n) is 4.51. The Morgan fingerprint density at radius 1 is 1.00 bits per heavy atom. The summed E-state index contributed by atoms with van der Waals surface area (Å²) in [5, 5.41) is 7.94. The Labute approximate surface area is 145 Å². The summed E-state index contributed by atoms with van der Waals surface area (Å²) in [6.07, 6.45) is 0. The first kappa shape index (κ1) is 15.2. The van der Waals surface area contributed by atoms with Crippen LogP contribution in [-0.4, -0.2) is 31.1 Å². The van der Waals surface area contributed by atoms with Crippen molar-refractivity contribution in [3.05, 3.63) is 70.1 Å². The molecule has 1 aliphatic heterocycles. The number of piperazine rings is 1. The van der Waals surface area contributed by atoms with Crippen LogP contribution in [0, 0.1) is 0 Å². The first-order chi connectivity index (χ1) is 11.3. The fraction of sp³-hybridized carbons (Fsp3) is 0.263. The van der Waals surface area contributed by atoms with Gasteiger partial charge < -0.3 is 5.32 Å². The third kappa shape index (κ3) is 3.02. The lowest BCUT2D eigenvalue weighted by atomic mass is 9.96. The van der Waals surface area contributed by atoms with Crippen LogP contribution in [0.4, 0.5) is 0 Å². The van der Waals surface area contributed by atoms with E-state index in [1.54, 1.807) is 0 Å². The van der Waals surface area contributed by atoms with Crippen molar-refractivity contribution in [3.63, 3.8) is 0 Å². The van der Waals surface area contributed by atoms with Gasteiger partial charge in [-0.2, -0.15) is 0 Å². The molecule has 0 radical (unpaired) electrons. The maximum Gasteiger partial charge on any atom is 0.0617 e. The normalized spacial score (nSPS) is 17.4. The molecule has 23 heavy (non-hydrogen) atoms. The number of fused-ring (bicyclic) bond motifs is 1. The third-order valence-corrected chi connectivity index (χ3v) is 5.74. The number of nitrogens with one attached hydrogen (secondary N) is 1. The summed E-state index contributed by atoms with van der Waals surface area (Å²) in [4.78, 5) is 2.58. The van der Waals surface area contributed by atoms with Crippen molar-refractivity contribution >= 4 is 33.0 Å². The molecule has 4 heteroatoms. The van der Waals surface area contributed by atoms with Crippen LogP contribution < -0.4 is 5.32 Å². The summed E-state index contributed by atoms with van der Waals surface area (Å²) in [7, 11) is 0. The van der Waals surface area contributed by atoms with Gasteiger partial charge in [0.15, 0.2) is 0 Å². The van der Waals surface area contributed by atoms with Crippen LogP contribution in [0.25, 0.3) is 10.1 Å². The maximum absolute atomic E-state index is 6.10. The second-order valence-electron chi connectivity index (χ2n) is 5.93. The van der Waals surface area contributed by atoms with E-state index in [0.29, 0.717) is 6.04 Å². The minimum Gasteiger partial charge on any atom is -0.314 e. The molecule has 1 unspecified atom stereocenters. The van der Waals surface area contributed by atoms with Crippen molar-refractivity contribution in [2.45, 2.75) is 6.04 Å². The average Bonchev–Trinajstić information content (AvgIpc) is 3.02. The van der Waals surface area contributed by atoms with Crippen LogP contribution in [0.5, 0.6) is 0 Å². The highest BCUT2D eigenvalue weighted by Crippen LogP contribution is 2.37. The lowest BCUT2D eigenvalue weighted by molar-refractivity contribution is 0.199. The van der Waals surface area contributed by atoms with Gasteiger partial charge in [-0.3, -0.25) is 4.90 Å². The fourth-order valence-electron chi connectivity index (χ4n) is 3.38. The first-order valence-electron chi connectivity index (χ1n) is 7.99. The molecule has 0 spiro atoms. The second kappa shape index (κ2) is 6.62. The van der Waals surface area contributed by atoms with Crippen molar-refractivity contribution in [2.24, 2.45) is 0 Å². The van der Waals surface area contributed by atoms with Gasteiger partial charge in [0.05, 0.1) is 6.04 Å². The Morgan fingerprint density at radius 3 is 2.52 bits per heavy atom. The highest BCUT2D eigenvalue weighted by Gasteiger charge is 2.26. The van der Waals surface area contributed by atoms with Gasteiger partial charge in [0.1, 0.15) is 0 Å². The molecule has 2 aromatic carbocycles. The van der Waals surface area contributed by atoms with Crippen LogP contribution in [0.3, 0.4) is 0 Å². The van der Waals surface area contributed by atoms with Gasteiger partial charge >= 0.3 is 0 Å².